The summed E-state index contributed by atoms with van der Waals surface area (Å²) in [6, 6.07) is 8.45. The molecule has 0 spiro atoms. The zero-order valence-electron chi connectivity index (χ0n) is 11.8. The Hall–Kier alpha value is -1.37. The maximum atomic E-state index is 12.9. The lowest BCUT2D eigenvalue weighted by atomic mass is 10.2. The molecule has 0 saturated heterocycles. The minimum atomic E-state index is -3.72. The number of nitrogens with zero attached hydrogens (tertiary/aromatic N) is 2. The highest BCUT2D eigenvalue weighted by Crippen LogP contribution is 2.33. The minimum Gasteiger partial charge on any atom is -0.236 e. The normalized spacial score (nSPS) is 12.0. The van der Waals surface area contributed by atoms with Crippen molar-refractivity contribution in [2.24, 2.45) is 0 Å². The summed E-state index contributed by atoms with van der Waals surface area (Å²) < 4.78 is 27.7. The predicted molar refractivity (Wildman–Crippen MR) is 90.9 cm³/mol. The van der Waals surface area contributed by atoms with Gasteiger partial charge in [0.25, 0.3) is 10.0 Å². The highest BCUT2D eigenvalue weighted by atomic mass is 79.9. The van der Waals surface area contributed by atoms with E-state index >= 15 is 0 Å². The largest absolute Gasteiger partial charge is 0.269 e. The van der Waals surface area contributed by atoms with E-state index in [4.69, 9.17) is 11.6 Å². The fraction of sp³-hybridized carbons (Fsp3) is 0.133. The fourth-order valence-corrected chi connectivity index (χ4v) is 4.31. The molecule has 22 heavy (non-hydrogen) atoms. The van der Waals surface area contributed by atoms with E-state index in [0.29, 0.717) is 26.2 Å². The van der Waals surface area contributed by atoms with Crippen LogP contribution in [0.5, 0.6) is 0 Å². The summed E-state index contributed by atoms with van der Waals surface area (Å²) in [5.41, 5.74) is 1.88. The molecule has 114 valence electrons. The number of halogens is 2. The van der Waals surface area contributed by atoms with Gasteiger partial charge in [-0.2, -0.15) is 0 Å². The molecule has 7 heteroatoms. The second kappa shape index (κ2) is 5.37. The Labute approximate surface area is 141 Å². The number of aromatic nitrogens is 2. The molecule has 0 aliphatic carbocycles. The number of fused-ring (bicyclic) bond motifs is 1. The van der Waals surface area contributed by atoms with Crippen LogP contribution in [0.1, 0.15) is 11.3 Å². The Morgan fingerprint density at radius 1 is 1.18 bits per heavy atom. The highest BCUT2D eigenvalue weighted by Gasteiger charge is 2.23. The number of hydrogen-bond acceptors (Lipinski definition) is 3. The van der Waals surface area contributed by atoms with Gasteiger partial charge in [-0.05, 0) is 48.0 Å². The zero-order chi connectivity index (χ0) is 16.1. The van der Waals surface area contributed by atoms with Crippen molar-refractivity contribution in [3.8, 4) is 0 Å². The SMILES string of the molecule is Cc1ccc(S(=O)(=O)n2c(C)cc3c(Cl)c(Br)cnc32)cc1. The Kier molecular flexibility index (Phi) is 3.79. The average molecular weight is 400 g/mol. The fourth-order valence-electron chi connectivity index (χ4n) is 2.31. The van der Waals surface area contributed by atoms with Gasteiger partial charge in [-0.15, -0.1) is 0 Å². The van der Waals surface area contributed by atoms with Gasteiger partial charge in [0.05, 0.1) is 14.4 Å². The molecule has 0 bridgehead atoms. The van der Waals surface area contributed by atoms with Gasteiger partial charge in [0.1, 0.15) is 0 Å². The molecule has 0 N–H and O–H groups in total. The quantitative estimate of drug-likeness (QED) is 0.645. The third-order valence-electron chi connectivity index (χ3n) is 3.41. The van der Waals surface area contributed by atoms with Gasteiger partial charge in [-0.25, -0.2) is 17.4 Å². The minimum absolute atomic E-state index is 0.222. The van der Waals surface area contributed by atoms with Crippen LogP contribution >= 0.6 is 27.5 Å². The van der Waals surface area contributed by atoms with E-state index in [2.05, 4.69) is 20.9 Å². The summed E-state index contributed by atoms with van der Waals surface area (Å²) in [6.45, 7) is 3.63. The number of rotatable bonds is 2. The van der Waals surface area contributed by atoms with Crippen LogP contribution in [0.2, 0.25) is 5.02 Å². The molecule has 0 atom stereocenters. The molecule has 4 nitrogen and oxygen atoms in total. The van der Waals surface area contributed by atoms with Gasteiger partial charge in [0.15, 0.2) is 5.65 Å². The van der Waals surface area contributed by atoms with Crippen molar-refractivity contribution in [1.82, 2.24) is 8.96 Å². The molecular weight excluding hydrogens is 388 g/mol. The Morgan fingerprint density at radius 2 is 1.82 bits per heavy atom. The monoisotopic (exact) mass is 398 g/mol. The molecule has 0 saturated carbocycles. The third kappa shape index (κ3) is 2.35. The standard InChI is InChI=1S/C15H12BrClN2O2S/c1-9-3-5-11(6-4-9)22(20,21)19-10(2)7-12-14(17)13(16)8-18-15(12)19/h3-8H,1-2H3. The lowest BCUT2D eigenvalue weighted by Crippen LogP contribution is -2.14. The molecule has 0 fully saturated rings. The molecule has 0 unspecified atom stereocenters. The molecule has 0 radical (unpaired) electrons. The van der Waals surface area contributed by atoms with E-state index in [9.17, 15) is 8.42 Å². The number of pyridine rings is 1. The van der Waals surface area contributed by atoms with Crippen molar-refractivity contribution in [3.05, 3.63) is 57.3 Å². The van der Waals surface area contributed by atoms with E-state index in [1.54, 1.807) is 37.3 Å². The van der Waals surface area contributed by atoms with Gasteiger partial charge in [-0.1, -0.05) is 29.3 Å². The Bertz CT molecular complexity index is 979. The maximum absolute atomic E-state index is 12.9. The summed E-state index contributed by atoms with van der Waals surface area (Å²) in [6.07, 6.45) is 1.51. The predicted octanol–water partition coefficient (Wildman–Crippen LogP) is 4.31. The molecule has 2 aromatic heterocycles. The first-order valence-electron chi connectivity index (χ1n) is 6.46. The van der Waals surface area contributed by atoms with Crippen molar-refractivity contribution in [3.63, 3.8) is 0 Å². The first-order chi connectivity index (χ1) is 10.3. The van der Waals surface area contributed by atoms with Gasteiger partial charge >= 0.3 is 0 Å². The van der Waals surface area contributed by atoms with Gasteiger partial charge in [-0.3, -0.25) is 0 Å². The molecule has 1 aromatic carbocycles. The molecule has 2 heterocycles. The van der Waals surface area contributed by atoms with E-state index in [1.807, 2.05) is 6.92 Å². The van der Waals surface area contributed by atoms with Crippen LogP contribution in [-0.4, -0.2) is 17.4 Å². The second-order valence-corrected chi connectivity index (χ2v) is 8.04. The third-order valence-corrected chi connectivity index (χ3v) is 6.46. The van der Waals surface area contributed by atoms with E-state index in [0.717, 1.165) is 5.56 Å². The smallest absolute Gasteiger partial charge is 0.236 e. The van der Waals surface area contributed by atoms with Gasteiger partial charge < -0.3 is 0 Å². The van der Waals surface area contributed by atoms with E-state index in [-0.39, 0.29) is 4.90 Å². The molecular formula is C15H12BrClN2O2S. The lowest BCUT2D eigenvalue weighted by molar-refractivity contribution is 0.587. The summed E-state index contributed by atoms with van der Waals surface area (Å²) in [5, 5.41) is 1.05. The van der Waals surface area contributed by atoms with E-state index in [1.165, 1.54) is 10.2 Å². The van der Waals surface area contributed by atoms with Crippen LogP contribution in [-0.2, 0) is 10.0 Å². The van der Waals surface area contributed by atoms with Crippen LogP contribution < -0.4 is 0 Å². The summed E-state index contributed by atoms with van der Waals surface area (Å²) in [5.74, 6) is 0. The summed E-state index contributed by atoms with van der Waals surface area (Å²) >= 11 is 9.53. The van der Waals surface area contributed by atoms with Crippen molar-refractivity contribution in [2.45, 2.75) is 18.7 Å². The van der Waals surface area contributed by atoms with Crippen LogP contribution in [0.25, 0.3) is 11.0 Å². The van der Waals surface area contributed by atoms with E-state index < -0.39 is 10.0 Å². The molecule has 0 aliphatic heterocycles. The average Bonchev–Trinajstić information content (AvgIpc) is 2.81. The molecule has 0 amide bonds. The summed E-state index contributed by atoms with van der Waals surface area (Å²) in [7, 11) is -3.72. The lowest BCUT2D eigenvalue weighted by Gasteiger charge is -2.09. The summed E-state index contributed by atoms with van der Waals surface area (Å²) in [4.78, 5) is 4.45. The Balaban J connectivity index is 2.32. The first kappa shape index (κ1) is 15.5. The van der Waals surface area contributed by atoms with Crippen molar-refractivity contribution < 1.29 is 8.42 Å². The van der Waals surface area contributed by atoms with Crippen molar-refractivity contribution in [1.29, 1.82) is 0 Å². The number of benzene rings is 1. The first-order valence-corrected chi connectivity index (χ1v) is 9.08. The van der Waals surface area contributed by atoms with Gasteiger partial charge in [0.2, 0.25) is 0 Å². The number of aryl methyl sites for hydroxylation is 2. The van der Waals surface area contributed by atoms with Crippen molar-refractivity contribution >= 4 is 48.6 Å². The number of hydrogen-bond donors (Lipinski definition) is 0. The zero-order valence-corrected chi connectivity index (χ0v) is 15.0. The van der Waals surface area contributed by atoms with Crippen LogP contribution in [0.4, 0.5) is 0 Å². The topological polar surface area (TPSA) is 52.0 Å². The molecule has 3 rings (SSSR count). The van der Waals surface area contributed by atoms with Crippen LogP contribution in [0.3, 0.4) is 0 Å². The van der Waals surface area contributed by atoms with Crippen LogP contribution in [0.15, 0.2) is 45.9 Å². The highest BCUT2D eigenvalue weighted by molar-refractivity contribution is 9.10. The molecule has 3 aromatic rings. The Morgan fingerprint density at radius 3 is 2.45 bits per heavy atom. The maximum Gasteiger partial charge on any atom is 0.269 e. The molecule has 0 aliphatic rings. The van der Waals surface area contributed by atoms with Crippen molar-refractivity contribution in [2.75, 3.05) is 0 Å². The van der Waals surface area contributed by atoms with Gasteiger partial charge in [0, 0.05) is 17.3 Å². The second-order valence-electron chi connectivity index (χ2n) is 5.03. The van der Waals surface area contributed by atoms with Crippen LogP contribution in [0, 0.1) is 13.8 Å².